The van der Waals surface area contributed by atoms with Crippen LogP contribution in [0.4, 0.5) is 0 Å². The van der Waals surface area contributed by atoms with Crippen molar-refractivity contribution in [1.29, 1.82) is 5.26 Å². The number of hydrogen-bond acceptors (Lipinski definition) is 7. The van der Waals surface area contributed by atoms with Crippen LogP contribution in [0.15, 0.2) is 24.3 Å². The smallest absolute Gasteiger partial charge is 0.325 e. The van der Waals surface area contributed by atoms with E-state index in [1.165, 1.54) is 0 Å². The van der Waals surface area contributed by atoms with Crippen molar-refractivity contribution in [2.75, 3.05) is 12.4 Å². The number of nitrogens with one attached hydrogen (secondary N) is 1. The molecule has 1 N–H and O–H groups in total. The number of esters is 1. The Kier molecular flexibility index (Phi) is 10.7. The number of sulfonamides is 1. The van der Waals surface area contributed by atoms with E-state index in [-0.39, 0.29) is 18.6 Å². The number of rotatable bonds is 13. The molecule has 8 nitrogen and oxygen atoms in total. The molecule has 9 heteroatoms. The summed E-state index contributed by atoms with van der Waals surface area (Å²) in [4.78, 5) is 23.6. The summed E-state index contributed by atoms with van der Waals surface area (Å²) in [6, 6.07) is 7.42. The monoisotopic (exact) mass is 452 g/mol. The molecule has 0 saturated heterocycles. The van der Waals surface area contributed by atoms with Gasteiger partial charge in [-0.05, 0) is 57.7 Å². The normalized spacial score (nSPS) is 12.6. The third kappa shape index (κ3) is 11.5. The molecule has 0 spiro atoms. The van der Waals surface area contributed by atoms with Crippen LogP contribution in [0.2, 0.25) is 0 Å². The van der Waals surface area contributed by atoms with Gasteiger partial charge in [-0.3, -0.25) is 9.59 Å². The predicted octanol–water partition coefficient (Wildman–Crippen LogP) is 2.91. The van der Waals surface area contributed by atoms with Crippen LogP contribution in [0, 0.1) is 11.3 Å². The third-order valence-corrected chi connectivity index (χ3v) is 5.55. The highest BCUT2D eigenvalue weighted by atomic mass is 32.2. The first kappa shape index (κ1) is 26.6. The third-order valence-electron chi connectivity index (χ3n) is 4.08. The van der Waals surface area contributed by atoms with E-state index in [9.17, 15) is 18.0 Å². The number of nitrogens with zero attached hydrogens (tertiary/aromatic N) is 1. The first-order chi connectivity index (χ1) is 14.5. The molecule has 1 rings (SSSR count). The van der Waals surface area contributed by atoms with Gasteiger partial charge < -0.3 is 9.47 Å². The molecule has 0 aliphatic carbocycles. The summed E-state index contributed by atoms with van der Waals surface area (Å²) in [5, 5.41) is 8.45. The number of carbonyl (C=O) groups excluding carboxylic acids is 2. The van der Waals surface area contributed by atoms with Crippen LogP contribution in [0.3, 0.4) is 0 Å². The zero-order valence-corrected chi connectivity index (χ0v) is 19.5. The minimum absolute atomic E-state index is 0.0517. The lowest BCUT2D eigenvalue weighted by Crippen LogP contribution is -2.46. The molecule has 0 fully saturated rings. The van der Waals surface area contributed by atoms with Gasteiger partial charge in [-0.15, -0.1) is 0 Å². The lowest BCUT2D eigenvalue weighted by Gasteiger charge is -2.24. The number of ketones is 1. The van der Waals surface area contributed by atoms with Gasteiger partial charge in [0, 0.05) is 6.42 Å². The van der Waals surface area contributed by atoms with Crippen LogP contribution >= 0.6 is 0 Å². The Balaban J connectivity index is 2.80. The molecule has 0 aliphatic heterocycles. The zero-order valence-electron chi connectivity index (χ0n) is 18.6. The Hall–Kier alpha value is -2.44. The van der Waals surface area contributed by atoms with Crippen molar-refractivity contribution in [1.82, 2.24) is 4.72 Å². The average Bonchev–Trinajstić information content (AvgIpc) is 2.68. The van der Waals surface area contributed by atoms with Crippen molar-refractivity contribution >= 4 is 21.8 Å². The SMILES string of the molecule is CCCCS(=O)(=O)N[C@@H](Cc1ccc(OCCCC(=O)C#N)cc1)C(=O)OC(C)(C)C. The van der Waals surface area contributed by atoms with Crippen molar-refractivity contribution in [3.63, 3.8) is 0 Å². The molecule has 1 aromatic carbocycles. The maximum atomic E-state index is 12.6. The van der Waals surface area contributed by atoms with Crippen LogP contribution < -0.4 is 9.46 Å². The molecule has 172 valence electrons. The Bertz CT molecular complexity index is 867. The second kappa shape index (κ2) is 12.4. The van der Waals surface area contributed by atoms with Gasteiger partial charge in [-0.25, -0.2) is 13.1 Å². The fourth-order valence-corrected chi connectivity index (χ4v) is 3.99. The van der Waals surface area contributed by atoms with Gasteiger partial charge in [0.25, 0.3) is 0 Å². The van der Waals surface area contributed by atoms with Gasteiger partial charge in [-0.2, -0.15) is 5.26 Å². The van der Waals surface area contributed by atoms with E-state index >= 15 is 0 Å². The lowest BCUT2D eigenvalue weighted by atomic mass is 10.1. The van der Waals surface area contributed by atoms with Gasteiger partial charge >= 0.3 is 5.97 Å². The standard InChI is InChI=1S/C22H32N2O6S/c1-5-6-14-31(27,28)24-20(21(26)30-22(2,3)4)15-17-9-11-19(12-10-17)29-13-7-8-18(25)16-23/h9-12,20,24H,5-8,13-15H2,1-4H3/t20-/m0/s1. The van der Waals surface area contributed by atoms with E-state index in [1.807, 2.05) is 6.92 Å². The second-order valence-electron chi connectivity index (χ2n) is 8.21. The van der Waals surface area contributed by atoms with Gasteiger partial charge in [0.2, 0.25) is 15.8 Å². The second-order valence-corrected chi connectivity index (χ2v) is 10.1. The van der Waals surface area contributed by atoms with E-state index < -0.39 is 33.4 Å². The summed E-state index contributed by atoms with van der Waals surface area (Å²) in [6.07, 6.45) is 1.95. The summed E-state index contributed by atoms with van der Waals surface area (Å²) in [7, 11) is -3.62. The summed E-state index contributed by atoms with van der Waals surface area (Å²) in [5.74, 6) is -0.585. The van der Waals surface area contributed by atoms with Crippen molar-refractivity contribution < 1.29 is 27.5 Å². The van der Waals surface area contributed by atoms with Crippen molar-refractivity contribution in [3.8, 4) is 11.8 Å². The lowest BCUT2D eigenvalue weighted by molar-refractivity contribution is -0.156. The van der Waals surface area contributed by atoms with E-state index in [1.54, 1.807) is 51.1 Å². The first-order valence-electron chi connectivity index (χ1n) is 10.3. The molecule has 0 amide bonds. The molecule has 0 radical (unpaired) electrons. The van der Waals surface area contributed by atoms with Crippen LogP contribution in [-0.2, 0) is 30.8 Å². The van der Waals surface area contributed by atoms with E-state index in [4.69, 9.17) is 14.7 Å². The Morgan fingerprint density at radius 2 is 1.81 bits per heavy atom. The number of Topliss-reactive ketones (excluding diaryl/α,β-unsaturated/α-hetero) is 1. The highest BCUT2D eigenvalue weighted by molar-refractivity contribution is 7.89. The topological polar surface area (TPSA) is 123 Å². The Morgan fingerprint density at radius 3 is 2.35 bits per heavy atom. The zero-order chi connectivity index (χ0) is 23.5. The minimum atomic E-state index is -3.62. The molecular formula is C22H32N2O6S. The number of hydrogen-bond donors (Lipinski definition) is 1. The fraction of sp³-hybridized carbons (Fsp3) is 0.591. The largest absolute Gasteiger partial charge is 0.494 e. The molecule has 0 aromatic heterocycles. The van der Waals surface area contributed by atoms with Crippen molar-refractivity contribution in [2.24, 2.45) is 0 Å². The quantitative estimate of drug-likeness (QED) is 0.277. The van der Waals surface area contributed by atoms with Gasteiger partial charge in [0.05, 0.1) is 12.4 Å². The molecule has 1 atom stereocenters. The van der Waals surface area contributed by atoms with Crippen molar-refractivity contribution in [2.45, 2.75) is 71.4 Å². The molecule has 0 aliphatic rings. The number of benzene rings is 1. The Morgan fingerprint density at radius 1 is 1.16 bits per heavy atom. The summed E-state index contributed by atoms with van der Waals surface area (Å²) < 4.78 is 38.1. The van der Waals surface area contributed by atoms with Crippen LogP contribution in [-0.4, -0.2) is 44.2 Å². The van der Waals surface area contributed by atoms with E-state index in [0.29, 0.717) is 25.2 Å². The minimum Gasteiger partial charge on any atom is -0.494 e. The molecule has 31 heavy (non-hydrogen) atoms. The summed E-state index contributed by atoms with van der Waals surface area (Å²) in [6.45, 7) is 7.37. The van der Waals surface area contributed by atoms with E-state index in [2.05, 4.69) is 4.72 Å². The highest BCUT2D eigenvalue weighted by Gasteiger charge is 2.29. The summed E-state index contributed by atoms with van der Waals surface area (Å²) >= 11 is 0. The Labute approximate surface area is 185 Å². The number of carbonyl (C=O) groups is 2. The molecular weight excluding hydrogens is 420 g/mol. The molecule has 0 heterocycles. The van der Waals surface area contributed by atoms with Gasteiger partial charge in [0.1, 0.15) is 23.5 Å². The highest BCUT2D eigenvalue weighted by Crippen LogP contribution is 2.16. The maximum absolute atomic E-state index is 12.6. The number of ether oxygens (including phenoxy) is 2. The average molecular weight is 453 g/mol. The van der Waals surface area contributed by atoms with Crippen molar-refractivity contribution in [3.05, 3.63) is 29.8 Å². The molecule has 0 bridgehead atoms. The molecule has 1 aromatic rings. The first-order valence-corrected chi connectivity index (χ1v) is 12.0. The fourth-order valence-electron chi connectivity index (χ4n) is 2.59. The van der Waals surface area contributed by atoms with Gasteiger partial charge in [-0.1, -0.05) is 25.5 Å². The van der Waals surface area contributed by atoms with Crippen LogP contribution in [0.25, 0.3) is 0 Å². The molecule has 0 unspecified atom stereocenters. The maximum Gasteiger partial charge on any atom is 0.325 e. The number of nitriles is 1. The van der Waals surface area contributed by atoms with Gasteiger partial charge in [0.15, 0.2) is 0 Å². The molecule has 0 saturated carbocycles. The number of unbranched alkanes of at least 4 members (excludes halogenated alkanes) is 1. The van der Waals surface area contributed by atoms with Crippen LogP contribution in [0.1, 0.15) is 58.9 Å². The van der Waals surface area contributed by atoms with Crippen LogP contribution in [0.5, 0.6) is 5.75 Å². The predicted molar refractivity (Wildman–Crippen MR) is 117 cm³/mol. The van der Waals surface area contributed by atoms with E-state index in [0.717, 1.165) is 12.0 Å². The summed E-state index contributed by atoms with van der Waals surface area (Å²) in [5.41, 5.74) is -0.00416.